The van der Waals surface area contributed by atoms with Gasteiger partial charge in [-0.1, -0.05) is 34.1 Å². The first-order valence-corrected chi connectivity index (χ1v) is 6.73. The van der Waals surface area contributed by atoms with Crippen molar-refractivity contribution in [3.63, 3.8) is 0 Å². The highest BCUT2D eigenvalue weighted by Crippen LogP contribution is 2.33. The first-order valence-electron chi connectivity index (χ1n) is 6.73. The summed E-state index contributed by atoms with van der Waals surface area (Å²) < 4.78 is 6.03. The molecule has 1 fully saturated rings. The average Bonchev–Trinajstić information content (AvgIpc) is 2.60. The molecule has 1 saturated carbocycles. The molecular weight excluding hydrogens is 184 g/mol. The quantitative estimate of drug-likeness (QED) is 0.598. The Hall–Kier alpha value is -0.0400. The number of hydrogen-bond acceptors (Lipinski definition) is 1. The van der Waals surface area contributed by atoms with E-state index in [1.54, 1.807) is 0 Å². The smallest absolute Gasteiger partial charge is 0.0605 e. The molecule has 2 atom stereocenters. The second kappa shape index (κ2) is 6.52. The van der Waals surface area contributed by atoms with Gasteiger partial charge >= 0.3 is 0 Å². The molecule has 15 heavy (non-hydrogen) atoms. The summed E-state index contributed by atoms with van der Waals surface area (Å²) in [5, 5.41) is 0. The fraction of sp³-hybridized carbons (Fsp3) is 1.00. The van der Waals surface area contributed by atoms with E-state index in [0.717, 1.165) is 24.4 Å². The fourth-order valence-electron chi connectivity index (χ4n) is 2.65. The maximum Gasteiger partial charge on any atom is 0.0605 e. The Kier molecular flexibility index (Phi) is 5.66. The number of rotatable bonds is 6. The molecule has 0 spiro atoms. The van der Waals surface area contributed by atoms with Gasteiger partial charge in [0.05, 0.1) is 6.10 Å². The van der Waals surface area contributed by atoms with E-state index in [0.29, 0.717) is 6.10 Å². The summed E-state index contributed by atoms with van der Waals surface area (Å²) in [5.41, 5.74) is 0. The Morgan fingerprint density at radius 2 is 1.87 bits per heavy atom. The Bertz CT molecular complexity index is 163. The zero-order valence-electron chi connectivity index (χ0n) is 11.0. The Labute approximate surface area is 95.6 Å². The molecule has 0 aliphatic heterocycles. The van der Waals surface area contributed by atoms with Gasteiger partial charge in [0.15, 0.2) is 0 Å². The van der Waals surface area contributed by atoms with Crippen LogP contribution in [0.2, 0.25) is 0 Å². The van der Waals surface area contributed by atoms with Crippen LogP contribution in [0.25, 0.3) is 0 Å². The molecule has 1 aliphatic rings. The van der Waals surface area contributed by atoms with Crippen molar-refractivity contribution in [1.29, 1.82) is 0 Å². The van der Waals surface area contributed by atoms with Crippen LogP contribution in [0.15, 0.2) is 0 Å². The molecule has 90 valence electrons. The molecule has 2 unspecified atom stereocenters. The van der Waals surface area contributed by atoms with Gasteiger partial charge in [-0.3, -0.25) is 0 Å². The summed E-state index contributed by atoms with van der Waals surface area (Å²) in [7, 11) is 0. The van der Waals surface area contributed by atoms with Crippen LogP contribution in [-0.2, 0) is 4.74 Å². The zero-order chi connectivity index (χ0) is 11.3. The average molecular weight is 212 g/mol. The van der Waals surface area contributed by atoms with Crippen molar-refractivity contribution in [2.75, 3.05) is 6.61 Å². The summed E-state index contributed by atoms with van der Waals surface area (Å²) >= 11 is 0. The van der Waals surface area contributed by atoms with E-state index in [1.807, 2.05) is 0 Å². The topological polar surface area (TPSA) is 9.23 Å². The van der Waals surface area contributed by atoms with Crippen molar-refractivity contribution in [3.05, 3.63) is 0 Å². The highest BCUT2D eigenvalue weighted by atomic mass is 16.5. The normalized spacial score (nSPS) is 26.8. The summed E-state index contributed by atoms with van der Waals surface area (Å²) in [6.45, 7) is 10.2. The van der Waals surface area contributed by atoms with E-state index in [1.165, 1.54) is 32.1 Å². The highest BCUT2D eigenvalue weighted by Gasteiger charge is 2.29. The zero-order valence-corrected chi connectivity index (χ0v) is 11.0. The minimum Gasteiger partial charge on any atom is -0.378 e. The SMILES string of the molecule is CC(C)CCCOC1CCCC1C(C)C. The lowest BCUT2D eigenvalue weighted by Gasteiger charge is -2.23. The molecule has 0 aromatic carbocycles. The molecule has 1 rings (SSSR count). The summed E-state index contributed by atoms with van der Waals surface area (Å²) in [5.74, 6) is 2.43. The Morgan fingerprint density at radius 3 is 2.47 bits per heavy atom. The summed E-state index contributed by atoms with van der Waals surface area (Å²) in [4.78, 5) is 0. The molecule has 0 aromatic rings. The van der Waals surface area contributed by atoms with Crippen molar-refractivity contribution in [2.24, 2.45) is 17.8 Å². The molecule has 0 N–H and O–H groups in total. The molecule has 1 heteroatoms. The first-order chi connectivity index (χ1) is 7.11. The second-order valence-corrected chi connectivity index (χ2v) is 5.78. The van der Waals surface area contributed by atoms with Crippen LogP contribution in [0.3, 0.4) is 0 Å². The minimum atomic E-state index is 0.567. The van der Waals surface area contributed by atoms with E-state index in [4.69, 9.17) is 4.74 Å². The van der Waals surface area contributed by atoms with Gasteiger partial charge in [0, 0.05) is 6.61 Å². The van der Waals surface area contributed by atoms with E-state index in [9.17, 15) is 0 Å². The van der Waals surface area contributed by atoms with Crippen molar-refractivity contribution in [2.45, 2.75) is 65.9 Å². The van der Waals surface area contributed by atoms with Crippen molar-refractivity contribution >= 4 is 0 Å². The number of hydrogen-bond donors (Lipinski definition) is 0. The maximum absolute atomic E-state index is 6.03. The number of ether oxygens (including phenoxy) is 1. The molecule has 0 aromatic heterocycles. The van der Waals surface area contributed by atoms with Gasteiger partial charge in [0.25, 0.3) is 0 Å². The van der Waals surface area contributed by atoms with Crippen LogP contribution in [0.1, 0.15) is 59.8 Å². The van der Waals surface area contributed by atoms with Gasteiger partial charge < -0.3 is 4.74 Å². The predicted octanol–water partition coefficient (Wildman–Crippen LogP) is 4.26. The lowest BCUT2D eigenvalue weighted by molar-refractivity contribution is 0.0119. The first kappa shape index (κ1) is 13.0. The van der Waals surface area contributed by atoms with Crippen LogP contribution >= 0.6 is 0 Å². The summed E-state index contributed by atoms with van der Waals surface area (Å²) in [6.07, 6.45) is 7.16. The molecular formula is C14H28O. The molecule has 0 amide bonds. The molecule has 0 radical (unpaired) electrons. The predicted molar refractivity (Wildman–Crippen MR) is 66.0 cm³/mol. The minimum absolute atomic E-state index is 0.567. The van der Waals surface area contributed by atoms with Crippen LogP contribution in [0.4, 0.5) is 0 Å². The lowest BCUT2D eigenvalue weighted by Crippen LogP contribution is -2.23. The summed E-state index contributed by atoms with van der Waals surface area (Å²) in [6, 6.07) is 0. The van der Waals surface area contributed by atoms with Crippen molar-refractivity contribution in [3.8, 4) is 0 Å². The molecule has 0 bridgehead atoms. The maximum atomic E-state index is 6.03. The Morgan fingerprint density at radius 1 is 1.13 bits per heavy atom. The second-order valence-electron chi connectivity index (χ2n) is 5.78. The third kappa shape index (κ3) is 4.55. The van der Waals surface area contributed by atoms with Crippen LogP contribution in [0.5, 0.6) is 0 Å². The molecule has 1 aliphatic carbocycles. The fourth-order valence-corrected chi connectivity index (χ4v) is 2.65. The van der Waals surface area contributed by atoms with E-state index < -0.39 is 0 Å². The molecule has 0 saturated heterocycles. The lowest BCUT2D eigenvalue weighted by atomic mass is 9.92. The van der Waals surface area contributed by atoms with Gasteiger partial charge in [-0.05, 0) is 43.4 Å². The van der Waals surface area contributed by atoms with Crippen LogP contribution in [0, 0.1) is 17.8 Å². The standard InChI is InChI=1S/C14H28O/c1-11(2)7-6-10-15-14-9-5-8-13(14)12(3)4/h11-14H,5-10H2,1-4H3. The Balaban J connectivity index is 2.14. The van der Waals surface area contributed by atoms with E-state index in [2.05, 4.69) is 27.7 Å². The third-order valence-electron chi connectivity index (χ3n) is 3.62. The van der Waals surface area contributed by atoms with Crippen molar-refractivity contribution < 1.29 is 4.74 Å². The van der Waals surface area contributed by atoms with E-state index >= 15 is 0 Å². The van der Waals surface area contributed by atoms with Crippen molar-refractivity contribution in [1.82, 2.24) is 0 Å². The van der Waals surface area contributed by atoms with Gasteiger partial charge in [-0.15, -0.1) is 0 Å². The van der Waals surface area contributed by atoms with E-state index in [-0.39, 0.29) is 0 Å². The van der Waals surface area contributed by atoms with Crippen LogP contribution < -0.4 is 0 Å². The highest BCUT2D eigenvalue weighted by molar-refractivity contribution is 4.80. The van der Waals surface area contributed by atoms with Gasteiger partial charge in [-0.25, -0.2) is 0 Å². The largest absolute Gasteiger partial charge is 0.378 e. The monoisotopic (exact) mass is 212 g/mol. The molecule has 0 heterocycles. The van der Waals surface area contributed by atoms with Gasteiger partial charge in [0.1, 0.15) is 0 Å². The van der Waals surface area contributed by atoms with Gasteiger partial charge in [-0.2, -0.15) is 0 Å². The molecule has 1 nitrogen and oxygen atoms in total. The third-order valence-corrected chi connectivity index (χ3v) is 3.62. The van der Waals surface area contributed by atoms with Gasteiger partial charge in [0.2, 0.25) is 0 Å². The van der Waals surface area contributed by atoms with Crippen LogP contribution in [-0.4, -0.2) is 12.7 Å².